The van der Waals surface area contributed by atoms with Crippen LogP contribution in [0.2, 0.25) is 0 Å². The molecule has 6 heteroatoms. The zero-order valence-corrected chi connectivity index (χ0v) is 19.8. The molecule has 0 saturated heterocycles. The summed E-state index contributed by atoms with van der Waals surface area (Å²) in [6.45, 7) is 8.41. The molecule has 0 aliphatic rings. The van der Waals surface area contributed by atoms with E-state index in [1.165, 1.54) is 11.1 Å². The van der Waals surface area contributed by atoms with Gasteiger partial charge in [-0.2, -0.15) is 0 Å². The molecule has 0 fully saturated rings. The van der Waals surface area contributed by atoms with Gasteiger partial charge in [-0.25, -0.2) is 0 Å². The van der Waals surface area contributed by atoms with Crippen LogP contribution in [-0.2, 0) is 17.8 Å². The van der Waals surface area contributed by atoms with Crippen LogP contribution in [0.3, 0.4) is 0 Å². The van der Waals surface area contributed by atoms with Gasteiger partial charge in [0.15, 0.2) is 0 Å². The fourth-order valence-electron chi connectivity index (χ4n) is 3.80. The van der Waals surface area contributed by atoms with Crippen molar-refractivity contribution in [2.45, 2.75) is 46.0 Å². The number of hydrogen-bond donors (Lipinski definition) is 1. The highest BCUT2D eigenvalue weighted by atomic mass is 16.5. The van der Waals surface area contributed by atoms with Gasteiger partial charge in [0.1, 0.15) is 5.69 Å². The van der Waals surface area contributed by atoms with E-state index in [0.29, 0.717) is 19.6 Å². The summed E-state index contributed by atoms with van der Waals surface area (Å²) < 4.78 is 11.0. The van der Waals surface area contributed by atoms with Gasteiger partial charge in [0, 0.05) is 45.4 Å². The van der Waals surface area contributed by atoms with E-state index in [1.807, 2.05) is 37.4 Å². The number of methoxy groups -OCH3 is 1. The Labute approximate surface area is 191 Å². The fourth-order valence-corrected chi connectivity index (χ4v) is 3.80. The summed E-state index contributed by atoms with van der Waals surface area (Å²) in [5.41, 5.74) is 5.29. The monoisotopic (exact) mass is 437 g/mol. The molecule has 2 aromatic carbocycles. The molecule has 6 nitrogen and oxygen atoms in total. The third-order valence-electron chi connectivity index (χ3n) is 5.61. The summed E-state index contributed by atoms with van der Waals surface area (Å²) >= 11 is 0. The minimum Gasteiger partial charge on any atom is -0.389 e. The molecule has 0 unspecified atom stereocenters. The van der Waals surface area contributed by atoms with Crippen molar-refractivity contribution in [3.05, 3.63) is 71.3 Å². The molecule has 0 aliphatic carbocycles. The Morgan fingerprint density at radius 2 is 1.81 bits per heavy atom. The standard InChI is InChI=1S/C26H35N3O3/c1-19(2)28(4)26-24(25(27-32-26)22-12-7-6-8-13-22)17-29(16-23(30)18-31-5)15-21-11-9-10-20(3)14-21/h6-14,19,23,30H,15-18H2,1-5H3/t23-/m1/s1. The van der Waals surface area contributed by atoms with E-state index in [9.17, 15) is 5.11 Å². The van der Waals surface area contributed by atoms with Crippen molar-refractivity contribution in [1.29, 1.82) is 0 Å². The van der Waals surface area contributed by atoms with Crippen molar-refractivity contribution in [1.82, 2.24) is 10.1 Å². The molecular formula is C26H35N3O3. The van der Waals surface area contributed by atoms with Crippen LogP contribution in [0, 0.1) is 6.92 Å². The maximum atomic E-state index is 10.5. The minimum absolute atomic E-state index is 0.259. The molecular weight excluding hydrogens is 402 g/mol. The topological polar surface area (TPSA) is 62.0 Å². The van der Waals surface area contributed by atoms with E-state index in [1.54, 1.807) is 7.11 Å². The van der Waals surface area contributed by atoms with E-state index in [2.05, 4.69) is 60.0 Å². The van der Waals surface area contributed by atoms with Crippen LogP contribution in [0.25, 0.3) is 11.3 Å². The first-order chi connectivity index (χ1) is 15.4. The summed E-state index contributed by atoms with van der Waals surface area (Å²) in [6.07, 6.45) is -0.587. The van der Waals surface area contributed by atoms with Crippen LogP contribution < -0.4 is 4.90 Å². The SMILES string of the molecule is COC[C@H](O)CN(Cc1cccc(C)c1)Cc1c(-c2ccccc2)noc1N(C)C(C)C. The Kier molecular flexibility index (Phi) is 8.45. The van der Waals surface area contributed by atoms with Gasteiger partial charge in [0.05, 0.1) is 18.3 Å². The van der Waals surface area contributed by atoms with Gasteiger partial charge in [-0.05, 0) is 26.3 Å². The van der Waals surface area contributed by atoms with Gasteiger partial charge < -0.3 is 19.3 Å². The quantitative estimate of drug-likeness (QED) is 0.476. The number of ether oxygens (including phenoxy) is 1. The predicted molar refractivity (Wildman–Crippen MR) is 129 cm³/mol. The van der Waals surface area contributed by atoms with Crippen LogP contribution in [0.1, 0.15) is 30.5 Å². The molecule has 0 amide bonds. The van der Waals surface area contributed by atoms with Crippen LogP contribution >= 0.6 is 0 Å². The van der Waals surface area contributed by atoms with E-state index in [0.717, 1.165) is 22.7 Å². The Bertz CT molecular complexity index is 971. The third kappa shape index (κ3) is 6.19. The molecule has 1 aromatic heterocycles. The summed E-state index contributed by atoms with van der Waals surface area (Å²) in [4.78, 5) is 4.33. The molecule has 172 valence electrons. The summed E-state index contributed by atoms with van der Waals surface area (Å²) in [6, 6.07) is 18.8. The second kappa shape index (κ2) is 11.3. The summed E-state index contributed by atoms with van der Waals surface area (Å²) in [5.74, 6) is 0.759. The average Bonchev–Trinajstić information content (AvgIpc) is 3.17. The molecule has 0 spiro atoms. The Morgan fingerprint density at radius 1 is 1.06 bits per heavy atom. The average molecular weight is 438 g/mol. The van der Waals surface area contributed by atoms with Gasteiger partial charge in [-0.15, -0.1) is 0 Å². The molecule has 1 heterocycles. The maximum Gasteiger partial charge on any atom is 0.232 e. The lowest BCUT2D eigenvalue weighted by Crippen LogP contribution is -2.35. The highest BCUT2D eigenvalue weighted by Gasteiger charge is 2.25. The number of aryl methyl sites for hydroxylation is 1. The Morgan fingerprint density at radius 3 is 2.47 bits per heavy atom. The van der Waals surface area contributed by atoms with E-state index < -0.39 is 6.10 Å². The first-order valence-corrected chi connectivity index (χ1v) is 11.1. The number of benzene rings is 2. The van der Waals surface area contributed by atoms with Crippen molar-refractivity contribution < 1.29 is 14.4 Å². The minimum atomic E-state index is -0.587. The van der Waals surface area contributed by atoms with Gasteiger partial charge >= 0.3 is 0 Å². The van der Waals surface area contributed by atoms with E-state index in [4.69, 9.17) is 9.26 Å². The molecule has 0 aliphatic heterocycles. The Hall–Kier alpha value is -2.67. The fraction of sp³-hybridized carbons (Fsp3) is 0.423. The molecule has 0 radical (unpaired) electrons. The number of hydrogen-bond acceptors (Lipinski definition) is 6. The molecule has 0 saturated carbocycles. The highest BCUT2D eigenvalue weighted by Crippen LogP contribution is 2.33. The first-order valence-electron chi connectivity index (χ1n) is 11.1. The molecule has 1 N–H and O–H groups in total. The molecule has 0 bridgehead atoms. The van der Waals surface area contributed by atoms with Crippen molar-refractivity contribution in [3.8, 4) is 11.3 Å². The predicted octanol–water partition coefficient (Wildman–Crippen LogP) is 4.50. The van der Waals surface area contributed by atoms with Crippen LogP contribution in [0.4, 0.5) is 5.88 Å². The zero-order valence-electron chi connectivity index (χ0n) is 19.8. The van der Waals surface area contributed by atoms with E-state index in [-0.39, 0.29) is 12.6 Å². The highest BCUT2D eigenvalue weighted by molar-refractivity contribution is 5.68. The second-order valence-electron chi connectivity index (χ2n) is 8.65. The molecule has 1 atom stereocenters. The van der Waals surface area contributed by atoms with Gasteiger partial charge in [-0.1, -0.05) is 65.3 Å². The van der Waals surface area contributed by atoms with E-state index >= 15 is 0 Å². The zero-order chi connectivity index (χ0) is 23.1. The number of aliphatic hydroxyl groups is 1. The lowest BCUT2D eigenvalue weighted by atomic mass is 10.1. The number of anilines is 1. The normalized spacial score (nSPS) is 12.5. The lowest BCUT2D eigenvalue weighted by molar-refractivity contribution is 0.0338. The van der Waals surface area contributed by atoms with Crippen LogP contribution in [0.15, 0.2) is 59.1 Å². The van der Waals surface area contributed by atoms with Gasteiger partial charge in [0.2, 0.25) is 5.88 Å². The smallest absolute Gasteiger partial charge is 0.232 e. The summed E-state index contributed by atoms with van der Waals surface area (Å²) in [7, 11) is 3.63. The maximum absolute atomic E-state index is 10.5. The summed E-state index contributed by atoms with van der Waals surface area (Å²) in [5, 5.41) is 15.0. The second-order valence-corrected chi connectivity index (χ2v) is 8.65. The third-order valence-corrected chi connectivity index (χ3v) is 5.61. The lowest BCUT2D eigenvalue weighted by Gasteiger charge is -2.27. The molecule has 32 heavy (non-hydrogen) atoms. The van der Waals surface area contributed by atoms with Gasteiger partial charge in [0.25, 0.3) is 0 Å². The van der Waals surface area contributed by atoms with Crippen LogP contribution in [-0.4, -0.2) is 54.6 Å². The number of rotatable bonds is 11. The van der Waals surface area contributed by atoms with Crippen molar-refractivity contribution in [2.24, 2.45) is 0 Å². The number of nitrogens with zero attached hydrogens (tertiary/aromatic N) is 3. The number of aromatic nitrogens is 1. The first kappa shape index (κ1) is 24.0. The van der Waals surface area contributed by atoms with Crippen molar-refractivity contribution in [2.75, 3.05) is 32.2 Å². The largest absolute Gasteiger partial charge is 0.389 e. The molecule has 3 aromatic rings. The number of aliphatic hydroxyl groups excluding tert-OH is 1. The Balaban J connectivity index is 1.98. The van der Waals surface area contributed by atoms with Crippen LogP contribution in [0.5, 0.6) is 0 Å². The van der Waals surface area contributed by atoms with Crippen molar-refractivity contribution in [3.63, 3.8) is 0 Å². The van der Waals surface area contributed by atoms with Gasteiger partial charge in [-0.3, -0.25) is 4.90 Å². The molecule has 3 rings (SSSR count). The van der Waals surface area contributed by atoms with Crippen molar-refractivity contribution >= 4 is 5.88 Å².